The maximum absolute atomic E-state index is 12.8. The van der Waals surface area contributed by atoms with Crippen LogP contribution in [-0.2, 0) is 24.0 Å². The van der Waals surface area contributed by atoms with Crippen LogP contribution in [0.5, 0.6) is 0 Å². The predicted octanol–water partition coefficient (Wildman–Crippen LogP) is -1.09. The molecule has 0 spiro atoms. The van der Waals surface area contributed by atoms with E-state index in [4.69, 9.17) is 10.8 Å². The minimum absolute atomic E-state index is 0.132. The molecule has 4 amide bonds. The van der Waals surface area contributed by atoms with Gasteiger partial charge < -0.3 is 32.1 Å². The largest absolute Gasteiger partial charge is 0.480 e. The minimum Gasteiger partial charge on any atom is -0.480 e. The van der Waals surface area contributed by atoms with E-state index in [9.17, 15) is 24.0 Å². The zero-order valence-corrected chi connectivity index (χ0v) is 20.2. The van der Waals surface area contributed by atoms with Crippen molar-refractivity contribution in [3.05, 3.63) is 0 Å². The summed E-state index contributed by atoms with van der Waals surface area (Å²) in [5.74, 6) is -4.02. The lowest BCUT2D eigenvalue weighted by atomic mass is 9.95. The summed E-state index contributed by atoms with van der Waals surface area (Å²) in [5, 5.41) is 18.9. The number of carboxylic acids is 1. The second-order valence-corrected chi connectivity index (χ2v) is 9.87. The van der Waals surface area contributed by atoms with Gasteiger partial charge in [-0.25, -0.2) is 4.79 Å². The van der Waals surface area contributed by atoms with Crippen molar-refractivity contribution < 1.29 is 29.1 Å². The number of carboxylic acid groups (broad SMARTS) is 1. The van der Waals surface area contributed by atoms with Gasteiger partial charge in [-0.3, -0.25) is 19.2 Å². The molecular weight excluding hydrogens is 426 g/mol. The van der Waals surface area contributed by atoms with E-state index in [1.54, 1.807) is 0 Å². The molecule has 1 atom stereocenters. The molecule has 0 saturated heterocycles. The summed E-state index contributed by atoms with van der Waals surface area (Å²) in [4.78, 5) is 61.1. The monoisotopic (exact) mass is 461 g/mol. The van der Waals surface area contributed by atoms with Crippen LogP contribution in [-0.4, -0.2) is 68.7 Å². The van der Waals surface area contributed by atoms with Gasteiger partial charge in [-0.1, -0.05) is 0 Å². The van der Waals surface area contributed by atoms with Crippen LogP contribution >= 0.6 is 12.6 Å². The van der Waals surface area contributed by atoms with E-state index in [1.165, 1.54) is 55.4 Å². The van der Waals surface area contributed by atoms with Crippen LogP contribution < -0.4 is 27.0 Å². The zero-order valence-electron chi connectivity index (χ0n) is 19.3. The molecular formula is C19H35N5O6S. The first kappa shape index (κ1) is 28.7. The summed E-state index contributed by atoms with van der Waals surface area (Å²) in [6.45, 7) is 11.5. The third kappa shape index (κ3) is 8.37. The minimum atomic E-state index is -1.48. The van der Waals surface area contributed by atoms with Gasteiger partial charge >= 0.3 is 5.97 Å². The van der Waals surface area contributed by atoms with E-state index in [0.29, 0.717) is 0 Å². The van der Waals surface area contributed by atoms with Gasteiger partial charge in [0.15, 0.2) is 0 Å². The molecule has 11 nitrogen and oxygen atoms in total. The molecule has 0 heterocycles. The number of hydrogen-bond acceptors (Lipinski definition) is 7. The molecule has 0 rings (SSSR count). The van der Waals surface area contributed by atoms with Gasteiger partial charge in [0.25, 0.3) is 0 Å². The first-order chi connectivity index (χ1) is 13.7. The number of hydrogen-bond donors (Lipinski definition) is 7. The Morgan fingerprint density at radius 3 is 1.35 bits per heavy atom. The molecule has 7 N–H and O–H groups in total. The number of rotatable bonds is 10. The summed E-state index contributed by atoms with van der Waals surface area (Å²) < 4.78 is 0. The second kappa shape index (κ2) is 9.86. The highest BCUT2D eigenvalue weighted by molar-refractivity contribution is 7.80. The summed E-state index contributed by atoms with van der Waals surface area (Å²) in [6, 6.07) is -1.23. The number of thiol groups is 1. The summed E-state index contributed by atoms with van der Waals surface area (Å²) in [5.41, 5.74) is 0.203. The molecule has 0 aliphatic carbocycles. The lowest BCUT2D eigenvalue weighted by Gasteiger charge is -2.35. The van der Waals surface area contributed by atoms with E-state index >= 15 is 0 Å². The Bertz CT molecular complexity index is 743. The standard InChI is InChI=1S/C19H35N5O6S/c1-16(2,20)12(27)22-18(5,6)14(29)24-19(7,8)15(30)23-17(3,4)13(28)21-10(9-31)11(25)26/h10,31H,9,20H2,1-8H3,(H,21,28)(H,22,27)(H,23,30)(H,24,29)(H,25,26)/t10-/m0/s1. The number of aliphatic carboxylic acids is 1. The Kier molecular flexibility index (Phi) is 9.11. The highest BCUT2D eigenvalue weighted by atomic mass is 32.1. The Morgan fingerprint density at radius 1 is 0.742 bits per heavy atom. The highest BCUT2D eigenvalue weighted by Gasteiger charge is 2.41. The Hall–Kier alpha value is -2.34. The van der Waals surface area contributed by atoms with Crippen LogP contribution in [0, 0.1) is 0 Å². The summed E-state index contributed by atoms with van der Waals surface area (Å²) in [7, 11) is 0. The maximum Gasteiger partial charge on any atom is 0.327 e. The average molecular weight is 462 g/mol. The molecule has 0 fully saturated rings. The topological polar surface area (TPSA) is 180 Å². The Labute approximate surface area is 188 Å². The van der Waals surface area contributed by atoms with E-state index < -0.39 is 57.8 Å². The molecule has 0 aromatic carbocycles. The van der Waals surface area contributed by atoms with Crippen molar-refractivity contribution in [1.29, 1.82) is 0 Å². The molecule has 0 aromatic heterocycles. The number of nitrogens with one attached hydrogen (secondary N) is 4. The van der Waals surface area contributed by atoms with Crippen molar-refractivity contribution in [3.63, 3.8) is 0 Å². The van der Waals surface area contributed by atoms with Gasteiger partial charge in [0.1, 0.15) is 22.7 Å². The van der Waals surface area contributed by atoms with Crippen molar-refractivity contribution in [2.24, 2.45) is 5.73 Å². The SMILES string of the molecule is CC(C)(N)C(=O)NC(C)(C)C(=O)NC(C)(C)C(=O)NC(C)(C)C(=O)N[C@@H](CS)C(=O)O. The van der Waals surface area contributed by atoms with E-state index in [2.05, 4.69) is 33.9 Å². The summed E-state index contributed by atoms with van der Waals surface area (Å²) in [6.07, 6.45) is 0. The Balaban J connectivity index is 5.29. The van der Waals surface area contributed by atoms with Crippen molar-refractivity contribution in [3.8, 4) is 0 Å². The fourth-order valence-corrected chi connectivity index (χ4v) is 2.27. The molecule has 0 bridgehead atoms. The number of carbonyl (C=O) groups excluding carboxylic acids is 4. The van der Waals surface area contributed by atoms with Crippen LogP contribution in [0.25, 0.3) is 0 Å². The quantitative estimate of drug-likeness (QED) is 0.202. The van der Waals surface area contributed by atoms with Crippen molar-refractivity contribution >= 4 is 42.2 Å². The van der Waals surface area contributed by atoms with Gasteiger partial charge in [0.2, 0.25) is 23.6 Å². The summed E-state index contributed by atoms with van der Waals surface area (Å²) >= 11 is 3.88. The lowest BCUT2D eigenvalue weighted by molar-refractivity contribution is -0.143. The van der Waals surface area contributed by atoms with E-state index in [1.807, 2.05) is 0 Å². The molecule has 0 aliphatic heterocycles. The maximum atomic E-state index is 12.8. The van der Waals surface area contributed by atoms with Crippen LogP contribution in [0.2, 0.25) is 0 Å². The first-order valence-corrected chi connectivity index (χ1v) is 10.2. The third-order valence-corrected chi connectivity index (χ3v) is 4.72. The fourth-order valence-electron chi connectivity index (χ4n) is 2.02. The lowest BCUT2D eigenvalue weighted by Crippen LogP contribution is -2.67. The van der Waals surface area contributed by atoms with Crippen molar-refractivity contribution in [2.75, 3.05) is 5.75 Å². The van der Waals surface area contributed by atoms with E-state index in [-0.39, 0.29) is 5.75 Å². The van der Waals surface area contributed by atoms with Gasteiger partial charge in [0, 0.05) is 5.75 Å². The van der Waals surface area contributed by atoms with Crippen LogP contribution in [0.15, 0.2) is 0 Å². The molecule has 0 aliphatic rings. The number of nitrogens with two attached hydrogens (primary N) is 1. The highest BCUT2D eigenvalue weighted by Crippen LogP contribution is 2.13. The molecule has 31 heavy (non-hydrogen) atoms. The van der Waals surface area contributed by atoms with Gasteiger partial charge in [-0.15, -0.1) is 0 Å². The average Bonchev–Trinajstić information content (AvgIpc) is 2.56. The third-order valence-electron chi connectivity index (χ3n) is 4.35. The first-order valence-electron chi connectivity index (χ1n) is 9.58. The molecule has 0 aromatic rings. The molecule has 0 saturated carbocycles. The second-order valence-electron chi connectivity index (χ2n) is 9.51. The number of amides is 4. The van der Waals surface area contributed by atoms with Gasteiger partial charge in [-0.2, -0.15) is 12.6 Å². The van der Waals surface area contributed by atoms with E-state index in [0.717, 1.165) is 0 Å². The van der Waals surface area contributed by atoms with Gasteiger partial charge in [0.05, 0.1) is 5.54 Å². The smallest absolute Gasteiger partial charge is 0.327 e. The zero-order chi connectivity index (χ0) is 25.0. The van der Waals surface area contributed by atoms with Crippen molar-refractivity contribution in [1.82, 2.24) is 21.3 Å². The number of carbonyl (C=O) groups is 5. The molecule has 0 unspecified atom stereocenters. The van der Waals surface area contributed by atoms with Crippen LogP contribution in [0.3, 0.4) is 0 Å². The van der Waals surface area contributed by atoms with Gasteiger partial charge in [-0.05, 0) is 55.4 Å². The normalized spacial score (nSPS) is 13.6. The van der Waals surface area contributed by atoms with Crippen molar-refractivity contribution in [2.45, 2.75) is 83.6 Å². The fraction of sp³-hybridized carbons (Fsp3) is 0.737. The Morgan fingerprint density at radius 2 is 1.06 bits per heavy atom. The molecule has 0 radical (unpaired) electrons. The van der Waals surface area contributed by atoms with Crippen LogP contribution in [0.1, 0.15) is 55.4 Å². The molecule has 12 heteroatoms. The van der Waals surface area contributed by atoms with Crippen LogP contribution in [0.4, 0.5) is 0 Å². The predicted molar refractivity (Wildman–Crippen MR) is 118 cm³/mol. The molecule has 178 valence electrons.